The van der Waals surface area contributed by atoms with E-state index in [1.54, 1.807) is 6.07 Å². The second kappa shape index (κ2) is 9.23. The summed E-state index contributed by atoms with van der Waals surface area (Å²) in [5.74, 6) is -0.227. The van der Waals surface area contributed by atoms with E-state index in [9.17, 15) is 9.18 Å². The minimum atomic E-state index is -0.257. The molecule has 0 bridgehead atoms. The highest BCUT2D eigenvalue weighted by Crippen LogP contribution is 2.37. The normalized spacial score (nSPS) is 20.2. The number of rotatable bonds is 3. The van der Waals surface area contributed by atoms with Crippen LogP contribution in [0.1, 0.15) is 50.5 Å². The van der Waals surface area contributed by atoms with Crippen LogP contribution in [0.25, 0.3) is 17.2 Å². The number of carbonyl (C=O) groups excluding carboxylic acids is 1. The summed E-state index contributed by atoms with van der Waals surface area (Å²) in [7, 11) is 0. The van der Waals surface area contributed by atoms with Crippen molar-refractivity contribution in [1.82, 2.24) is 4.90 Å². The SMILES string of the molecule is O=C1/C(=C/c2cccc(-c3cccc(F)c3)c2)SC(=S)N1C1CCCCCCC1. The molecular formula is C24H24FNOS2. The van der Waals surface area contributed by atoms with Gasteiger partial charge in [-0.2, -0.15) is 0 Å². The van der Waals surface area contributed by atoms with Gasteiger partial charge in [-0.1, -0.05) is 86.4 Å². The summed E-state index contributed by atoms with van der Waals surface area (Å²) in [4.78, 5) is 15.6. The Bertz CT molecular complexity index is 947. The molecule has 1 aliphatic carbocycles. The summed E-state index contributed by atoms with van der Waals surface area (Å²) < 4.78 is 14.2. The zero-order valence-corrected chi connectivity index (χ0v) is 17.9. The topological polar surface area (TPSA) is 20.3 Å². The molecule has 5 heteroatoms. The van der Waals surface area contributed by atoms with Gasteiger partial charge in [0.1, 0.15) is 10.1 Å². The summed E-state index contributed by atoms with van der Waals surface area (Å²) in [5, 5.41) is 0. The number of halogens is 1. The maximum Gasteiger partial charge on any atom is 0.266 e. The average molecular weight is 426 g/mol. The van der Waals surface area contributed by atoms with Crippen LogP contribution >= 0.6 is 24.0 Å². The predicted molar refractivity (Wildman–Crippen MR) is 123 cm³/mol. The van der Waals surface area contributed by atoms with E-state index in [1.807, 2.05) is 41.3 Å². The van der Waals surface area contributed by atoms with E-state index in [4.69, 9.17) is 12.2 Å². The fraction of sp³-hybridized carbons (Fsp3) is 0.333. The number of carbonyl (C=O) groups is 1. The number of nitrogens with zero attached hydrogens (tertiary/aromatic N) is 1. The Hall–Kier alpha value is -1.98. The van der Waals surface area contributed by atoms with Gasteiger partial charge in [-0.15, -0.1) is 0 Å². The number of hydrogen-bond donors (Lipinski definition) is 0. The van der Waals surface area contributed by atoms with Crippen molar-refractivity contribution in [1.29, 1.82) is 0 Å². The van der Waals surface area contributed by atoms with Crippen molar-refractivity contribution in [2.24, 2.45) is 0 Å². The average Bonchev–Trinajstić information content (AvgIpc) is 2.96. The van der Waals surface area contributed by atoms with E-state index in [1.165, 1.54) is 43.2 Å². The largest absolute Gasteiger partial charge is 0.290 e. The van der Waals surface area contributed by atoms with Gasteiger partial charge in [-0.3, -0.25) is 9.69 Å². The van der Waals surface area contributed by atoms with Crippen LogP contribution in [0.2, 0.25) is 0 Å². The molecule has 0 unspecified atom stereocenters. The van der Waals surface area contributed by atoms with Gasteiger partial charge in [0.25, 0.3) is 5.91 Å². The van der Waals surface area contributed by atoms with Crippen LogP contribution in [-0.4, -0.2) is 21.2 Å². The number of amides is 1. The van der Waals surface area contributed by atoms with Gasteiger partial charge < -0.3 is 0 Å². The lowest BCUT2D eigenvalue weighted by Gasteiger charge is -2.28. The van der Waals surface area contributed by atoms with Gasteiger partial charge in [-0.25, -0.2) is 4.39 Å². The first kappa shape index (κ1) is 20.3. The molecule has 2 aromatic carbocycles. The number of hydrogen-bond acceptors (Lipinski definition) is 3. The van der Waals surface area contributed by atoms with Gasteiger partial charge in [0.2, 0.25) is 0 Å². The van der Waals surface area contributed by atoms with E-state index >= 15 is 0 Å². The second-order valence-corrected chi connectivity index (χ2v) is 9.36. The smallest absolute Gasteiger partial charge is 0.266 e. The minimum absolute atomic E-state index is 0.0294. The Balaban J connectivity index is 1.56. The standard InChI is InChI=1S/C24H24FNOS2/c25-20-11-7-10-19(16-20)18-9-6-8-17(14-18)15-22-23(27)26(24(28)29-22)21-12-4-2-1-3-5-13-21/h6-11,14-16,21H,1-5,12-13H2/b22-15-. The number of thioether (sulfide) groups is 1. The van der Waals surface area contributed by atoms with E-state index < -0.39 is 0 Å². The van der Waals surface area contributed by atoms with E-state index in [0.29, 0.717) is 9.23 Å². The van der Waals surface area contributed by atoms with Gasteiger partial charge in [0, 0.05) is 6.04 Å². The molecule has 2 nitrogen and oxygen atoms in total. The van der Waals surface area contributed by atoms with E-state index in [-0.39, 0.29) is 17.8 Å². The first-order valence-corrected chi connectivity index (χ1v) is 11.5. The van der Waals surface area contributed by atoms with Crippen LogP contribution in [-0.2, 0) is 4.79 Å². The third kappa shape index (κ3) is 4.78. The fourth-order valence-electron chi connectivity index (χ4n) is 4.11. The summed E-state index contributed by atoms with van der Waals surface area (Å²) >= 11 is 6.97. The van der Waals surface area contributed by atoms with Crippen LogP contribution in [0.5, 0.6) is 0 Å². The summed E-state index contributed by atoms with van der Waals surface area (Å²) in [6.45, 7) is 0. The van der Waals surface area contributed by atoms with Crippen LogP contribution in [0, 0.1) is 5.82 Å². The first-order chi connectivity index (χ1) is 14.1. The van der Waals surface area contributed by atoms with Crippen molar-refractivity contribution < 1.29 is 9.18 Å². The van der Waals surface area contributed by atoms with E-state index in [2.05, 4.69) is 0 Å². The second-order valence-electron chi connectivity index (χ2n) is 7.69. The molecule has 0 aromatic heterocycles. The maximum absolute atomic E-state index is 13.6. The van der Waals surface area contributed by atoms with Crippen molar-refractivity contribution in [2.45, 2.75) is 51.0 Å². The van der Waals surface area contributed by atoms with Crippen molar-refractivity contribution in [3.63, 3.8) is 0 Å². The molecule has 1 aliphatic heterocycles. The molecule has 29 heavy (non-hydrogen) atoms. The lowest BCUT2D eigenvalue weighted by atomic mass is 9.96. The lowest BCUT2D eigenvalue weighted by Crippen LogP contribution is -2.39. The Labute approximate surface area is 181 Å². The molecule has 1 saturated carbocycles. The molecular weight excluding hydrogens is 401 g/mol. The Morgan fingerprint density at radius 1 is 0.966 bits per heavy atom. The molecule has 0 radical (unpaired) electrons. The summed E-state index contributed by atoms with van der Waals surface area (Å²) in [6.07, 6.45) is 10.1. The van der Waals surface area contributed by atoms with Crippen molar-refractivity contribution >= 4 is 40.3 Å². The fourth-order valence-corrected chi connectivity index (χ4v) is 5.52. The molecule has 2 fully saturated rings. The van der Waals surface area contributed by atoms with Gasteiger partial charge in [0.05, 0.1) is 4.91 Å². The van der Waals surface area contributed by atoms with Crippen molar-refractivity contribution in [3.8, 4) is 11.1 Å². The van der Waals surface area contributed by atoms with Crippen LogP contribution in [0.15, 0.2) is 53.4 Å². The van der Waals surface area contributed by atoms with Crippen LogP contribution in [0.4, 0.5) is 4.39 Å². The van der Waals surface area contributed by atoms with E-state index in [0.717, 1.165) is 42.4 Å². The van der Waals surface area contributed by atoms with Gasteiger partial charge in [-0.05, 0) is 53.8 Å². The highest BCUT2D eigenvalue weighted by atomic mass is 32.2. The van der Waals surface area contributed by atoms with Gasteiger partial charge in [0.15, 0.2) is 0 Å². The van der Waals surface area contributed by atoms with Crippen molar-refractivity contribution in [3.05, 3.63) is 64.8 Å². The molecule has 2 aromatic rings. The molecule has 1 amide bonds. The summed E-state index contributed by atoms with van der Waals surface area (Å²) in [5.41, 5.74) is 2.67. The van der Waals surface area contributed by atoms with Crippen molar-refractivity contribution in [2.75, 3.05) is 0 Å². The quantitative estimate of drug-likeness (QED) is 0.398. The Morgan fingerprint density at radius 3 is 2.34 bits per heavy atom. The minimum Gasteiger partial charge on any atom is -0.290 e. The third-order valence-corrected chi connectivity index (χ3v) is 6.94. The molecule has 0 spiro atoms. The molecule has 1 saturated heterocycles. The zero-order valence-electron chi connectivity index (χ0n) is 16.3. The Kier molecular flexibility index (Phi) is 6.46. The molecule has 1 heterocycles. The number of benzene rings is 2. The number of thiocarbonyl (C=S) groups is 1. The third-order valence-electron chi connectivity index (χ3n) is 5.61. The molecule has 0 N–H and O–H groups in total. The molecule has 4 rings (SSSR count). The molecule has 2 aliphatic rings. The zero-order chi connectivity index (χ0) is 20.2. The highest BCUT2D eigenvalue weighted by molar-refractivity contribution is 8.26. The Morgan fingerprint density at radius 2 is 1.62 bits per heavy atom. The lowest BCUT2D eigenvalue weighted by molar-refractivity contribution is -0.123. The molecule has 150 valence electrons. The monoisotopic (exact) mass is 425 g/mol. The van der Waals surface area contributed by atoms with Crippen LogP contribution < -0.4 is 0 Å². The summed E-state index contributed by atoms with van der Waals surface area (Å²) in [6, 6.07) is 14.6. The highest BCUT2D eigenvalue weighted by Gasteiger charge is 2.36. The maximum atomic E-state index is 13.6. The van der Waals surface area contributed by atoms with Crippen LogP contribution in [0.3, 0.4) is 0 Å². The molecule has 0 atom stereocenters. The predicted octanol–water partition coefficient (Wildman–Crippen LogP) is 6.81. The first-order valence-electron chi connectivity index (χ1n) is 10.2. The van der Waals surface area contributed by atoms with Gasteiger partial charge >= 0.3 is 0 Å².